The van der Waals surface area contributed by atoms with Crippen LogP contribution >= 0.6 is 0 Å². The minimum atomic E-state index is -1.29. The summed E-state index contributed by atoms with van der Waals surface area (Å²) >= 11 is 0. The second kappa shape index (κ2) is 33.4. The van der Waals surface area contributed by atoms with Crippen LogP contribution in [-0.2, 0) is 38.4 Å². The third-order valence-corrected chi connectivity index (χ3v) is 4.86. The van der Waals surface area contributed by atoms with E-state index in [1.165, 1.54) is 0 Å². The predicted molar refractivity (Wildman–Crippen MR) is 159 cm³/mol. The van der Waals surface area contributed by atoms with Crippen LogP contribution in [-0.4, -0.2) is 126 Å². The number of aliphatic carboxylic acids is 8. The van der Waals surface area contributed by atoms with Crippen molar-refractivity contribution in [2.24, 2.45) is 46.2 Å². The van der Waals surface area contributed by atoms with Crippen molar-refractivity contribution in [1.82, 2.24) is 0 Å². The highest BCUT2D eigenvalue weighted by molar-refractivity contribution is 5.80. The average Bonchev–Trinajstić information content (AvgIpc) is 2.95. The molecule has 46 heavy (non-hydrogen) atoms. The van der Waals surface area contributed by atoms with Crippen LogP contribution in [0, 0.1) is 11.8 Å². The number of carbonyl (C=O) groups is 8. The highest BCUT2D eigenvalue weighted by atomic mass is 16.4. The quantitative estimate of drug-likeness (QED) is 0.0854. The van der Waals surface area contributed by atoms with E-state index in [0.717, 1.165) is 12.8 Å². The van der Waals surface area contributed by atoms with Crippen LogP contribution in [0.5, 0.6) is 0 Å². The zero-order valence-electron chi connectivity index (χ0n) is 26.0. The van der Waals surface area contributed by atoms with Gasteiger partial charge in [-0.15, -0.1) is 0 Å². The second-order valence-electron chi connectivity index (χ2n) is 8.78. The molecule has 0 rings (SSSR count). The Balaban J connectivity index is -0.000000106. The van der Waals surface area contributed by atoms with Crippen molar-refractivity contribution in [1.29, 1.82) is 0 Å². The van der Waals surface area contributed by atoms with Gasteiger partial charge in [-0.1, -0.05) is 40.5 Å². The van der Waals surface area contributed by atoms with Crippen molar-refractivity contribution in [3.05, 3.63) is 0 Å². The van der Waals surface area contributed by atoms with E-state index in [1.807, 2.05) is 27.7 Å². The number of rotatable bonds is 14. The van der Waals surface area contributed by atoms with Crippen LogP contribution in [0.4, 0.5) is 0 Å². The molecule has 0 aromatic heterocycles. The smallest absolute Gasteiger partial charge is 0.321 e. The zero-order chi connectivity index (χ0) is 38.3. The minimum absolute atomic E-state index is 0.0718. The lowest BCUT2D eigenvalue weighted by Crippen LogP contribution is -2.36. The predicted octanol–water partition coefficient (Wildman–Crippen LogP) is -3.31. The summed E-state index contributed by atoms with van der Waals surface area (Å²) < 4.78 is 0. The largest absolute Gasteiger partial charge is 0.481 e. The van der Waals surface area contributed by atoms with Crippen molar-refractivity contribution < 1.29 is 79.2 Å². The fourth-order valence-corrected chi connectivity index (χ4v) is 1.55. The normalized spacial score (nSPS) is 13.1. The van der Waals surface area contributed by atoms with Crippen molar-refractivity contribution in [2.75, 3.05) is 13.1 Å². The highest BCUT2D eigenvalue weighted by Gasteiger charge is 2.18. The summed E-state index contributed by atoms with van der Waals surface area (Å²) in [6.07, 6.45) is 0.561. The first-order valence-electron chi connectivity index (χ1n) is 13.0. The molecule has 272 valence electrons. The fraction of sp³-hybridized carbons (Fsp3) is 0.667. The van der Waals surface area contributed by atoms with Crippen molar-refractivity contribution in [3.63, 3.8) is 0 Å². The Bertz CT molecular complexity index is 849. The molecule has 0 amide bonds. The number of nitrogens with two attached hydrogens (primary N) is 6. The van der Waals surface area contributed by atoms with Crippen molar-refractivity contribution in [3.8, 4) is 0 Å². The molecule has 0 spiro atoms. The van der Waals surface area contributed by atoms with Gasteiger partial charge in [0.25, 0.3) is 0 Å². The maximum atomic E-state index is 10.2. The molecule has 0 bridgehead atoms. The Labute approximate surface area is 264 Å². The fourth-order valence-electron chi connectivity index (χ4n) is 1.55. The van der Waals surface area contributed by atoms with Crippen molar-refractivity contribution in [2.45, 2.75) is 77.5 Å². The summed E-state index contributed by atoms with van der Waals surface area (Å²) in [6, 6.07) is -3.98. The summed E-state index contributed by atoms with van der Waals surface area (Å²) in [4.78, 5) is 78.1. The summed E-state index contributed by atoms with van der Waals surface area (Å²) in [7, 11) is 0. The molecule has 22 nitrogen and oxygen atoms in total. The van der Waals surface area contributed by atoms with Gasteiger partial charge < -0.3 is 75.3 Å². The molecule has 0 radical (unpaired) electrons. The summed E-state index contributed by atoms with van der Waals surface area (Å²) in [5, 5.41) is 64.0. The summed E-state index contributed by atoms with van der Waals surface area (Å²) in [5.41, 5.74) is 29.4. The number of carboxylic acids is 8. The first-order chi connectivity index (χ1) is 20.8. The van der Waals surface area contributed by atoms with Crippen LogP contribution in [0.15, 0.2) is 0 Å². The van der Waals surface area contributed by atoms with Crippen LogP contribution in [0.2, 0.25) is 0 Å². The topological polar surface area (TPSA) is 455 Å². The Hall–Kier alpha value is -4.48. The first kappa shape index (κ1) is 54.0. The van der Waals surface area contributed by atoms with Gasteiger partial charge in [0, 0.05) is 0 Å². The molecule has 0 saturated carbocycles. The Kier molecular flexibility index (Phi) is 39.2. The molecule has 0 aliphatic heterocycles. The molecule has 22 heteroatoms. The zero-order valence-corrected chi connectivity index (χ0v) is 26.0. The van der Waals surface area contributed by atoms with Gasteiger partial charge in [0.2, 0.25) is 0 Å². The van der Waals surface area contributed by atoms with Crippen LogP contribution < -0.4 is 34.4 Å². The van der Waals surface area contributed by atoms with Gasteiger partial charge in [-0.25, -0.2) is 0 Å². The van der Waals surface area contributed by atoms with Gasteiger partial charge in [-0.3, -0.25) is 38.4 Å². The first-order valence-corrected chi connectivity index (χ1v) is 13.0. The molecule has 0 unspecified atom stereocenters. The van der Waals surface area contributed by atoms with Crippen LogP contribution in [0.1, 0.15) is 53.4 Å². The van der Waals surface area contributed by atoms with Crippen LogP contribution in [0.25, 0.3) is 0 Å². The van der Waals surface area contributed by atoms with E-state index in [1.54, 1.807) is 0 Å². The number of carboxylic acid groups (broad SMARTS) is 8. The maximum Gasteiger partial charge on any atom is 0.321 e. The molecule has 0 aliphatic carbocycles. The molecule has 0 saturated heterocycles. The van der Waals surface area contributed by atoms with Gasteiger partial charge >= 0.3 is 47.8 Å². The summed E-state index contributed by atoms with van der Waals surface area (Å²) in [6.45, 7) is 6.96. The molecule has 0 fully saturated rings. The van der Waals surface area contributed by atoms with E-state index in [-0.39, 0.29) is 24.9 Å². The molecule has 0 aromatic rings. The minimum Gasteiger partial charge on any atom is -0.481 e. The molecular weight excluding hydrogens is 628 g/mol. The molecule has 20 N–H and O–H groups in total. The second-order valence-corrected chi connectivity index (χ2v) is 8.78. The Morgan fingerprint density at radius 1 is 0.457 bits per heavy atom. The van der Waals surface area contributed by atoms with Gasteiger partial charge in [-0.2, -0.15) is 0 Å². The number of hydrogen-bond acceptors (Lipinski definition) is 14. The third-order valence-electron chi connectivity index (χ3n) is 4.86. The molecule has 0 heterocycles. The molecule has 6 atom stereocenters. The van der Waals surface area contributed by atoms with Gasteiger partial charge in [0.05, 0.1) is 25.9 Å². The molecule has 0 aromatic carbocycles. The monoisotopic (exact) mass is 678 g/mol. The Morgan fingerprint density at radius 3 is 0.696 bits per heavy atom. The molecule has 0 aliphatic rings. The van der Waals surface area contributed by atoms with E-state index < -0.39 is 84.8 Å². The van der Waals surface area contributed by atoms with Crippen LogP contribution in [0.3, 0.4) is 0 Å². The van der Waals surface area contributed by atoms with E-state index in [9.17, 15) is 38.4 Å². The number of hydrogen-bond donors (Lipinski definition) is 14. The van der Waals surface area contributed by atoms with E-state index in [2.05, 4.69) is 11.5 Å². The maximum absolute atomic E-state index is 10.2. The standard InChI is InChI=1S/2C6H13NO2.2C4H7NO4.2C2H5NO2/c2*1-3-4(2)5(7)6(8)9;2*5-2(4(8)9)1-3(6)7;2*3-1-2(4)5/h2*4-5H,3,7H2,1-2H3,(H,8,9);2*2H,1,5H2,(H,6,7)(H,8,9);2*1,3H2,(H,4,5)/t2*4-,5-;2*2-;;/m0000../s1. The average molecular weight is 679 g/mol. The lowest BCUT2D eigenvalue weighted by atomic mass is 10.0. The molecular formula is C24H50N6O16. The van der Waals surface area contributed by atoms with E-state index in [0.29, 0.717) is 0 Å². The van der Waals surface area contributed by atoms with Crippen molar-refractivity contribution >= 4 is 47.8 Å². The van der Waals surface area contributed by atoms with Gasteiger partial charge in [-0.05, 0) is 11.8 Å². The van der Waals surface area contributed by atoms with E-state index in [4.69, 9.17) is 63.8 Å². The lowest BCUT2D eigenvalue weighted by Gasteiger charge is -2.11. The SMILES string of the molecule is CC[C@H](C)[C@H](N)C(=O)O.CC[C@H](C)[C@H](N)C(=O)O.NCC(=O)O.NCC(=O)O.N[C@@H](CC(=O)O)C(=O)O.N[C@@H](CC(=O)O)C(=O)O. The summed E-state index contributed by atoms with van der Waals surface area (Å²) in [5.74, 6) is -8.61. The Morgan fingerprint density at radius 2 is 0.652 bits per heavy atom. The van der Waals surface area contributed by atoms with E-state index >= 15 is 0 Å². The third kappa shape index (κ3) is 46.5. The van der Waals surface area contributed by atoms with Gasteiger partial charge in [0.1, 0.15) is 24.2 Å². The lowest BCUT2D eigenvalue weighted by molar-refractivity contribution is -0.144. The van der Waals surface area contributed by atoms with Gasteiger partial charge in [0.15, 0.2) is 0 Å². The highest BCUT2D eigenvalue weighted by Crippen LogP contribution is 2.04.